The molecule has 1 aromatic carbocycles. The summed E-state index contributed by atoms with van der Waals surface area (Å²) in [4.78, 5) is 0. The van der Waals surface area contributed by atoms with Crippen molar-refractivity contribution in [2.24, 2.45) is 0 Å². The predicted octanol–water partition coefficient (Wildman–Crippen LogP) is 7.68. The van der Waals surface area contributed by atoms with E-state index in [1.54, 1.807) is 0 Å². The fraction of sp³-hybridized carbons (Fsp3) is 0.600. The summed E-state index contributed by atoms with van der Waals surface area (Å²) in [6.45, 7) is 18.9. The maximum absolute atomic E-state index is 5.92. The van der Waals surface area contributed by atoms with Crippen LogP contribution in [0.3, 0.4) is 0 Å². The highest BCUT2D eigenvalue weighted by atomic mass is 35.9. The van der Waals surface area contributed by atoms with Crippen LogP contribution in [0.5, 0.6) is 0 Å². The first-order chi connectivity index (χ1) is 10.1. The van der Waals surface area contributed by atoms with Gasteiger partial charge >= 0.3 is 0 Å². The maximum atomic E-state index is 5.92. The van der Waals surface area contributed by atoms with Gasteiger partial charge in [-0.05, 0) is 38.6 Å². The minimum Gasteiger partial charge on any atom is -0.0632 e. The van der Waals surface area contributed by atoms with E-state index >= 15 is 0 Å². The van der Waals surface area contributed by atoms with Crippen LogP contribution in [0, 0.1) is 11.6 Å². The highest BCUT2D eigenvalue weighted by Crippen LogP contribution is 2.46. The Bertz CT molecular complexity index is 592. The predicted molar refractivity (Wildman–Crippen MR) is 108 cm³/mol. The van der Waals surface area contributed by atoms with Crippen molar-refractivity contribution >= 4 is 29.1 Å². The lowest BCUT2D eigenvalue weighted by Gasteiger charge is -2.32. The van der Waals surface area contributed by atoms with Crippen molar-refractivity contribution in [3.63, 3.8) is 0 Å². The molecule has 0 N–H and O–H groups in total. The number of halogens is 2. The van der Waals surface area contributed by atoms with Crippen LogP contribution in [0.25, 0.3) is 0 Å². The molecular formula is C20H29Cl2P. The van der Waals surface area contributed by atoms with Gasteiger partial charge < -0.3 is 0 Å². The van der Waals surface area contributed by atoms with Crippen LogP contribution >= 0.6 is 29.1 Å². The van der Waals surface area contributed by atoms with Crippen LogP contribution < -0.4 is 0 Å². The summed E-state index contributed by atoms with van der Waals surface area (Å²) < 4.78 is 0. The third-order valence-electron chi connectivity index (χ3n) is 3.89. The third kappa shape index (κ3) is 5.67. The molecule has 128 valence electrons. The van der Waals surface area contributed by atoms with Crippen molar-refractivity contribution < 1.29 is 0 Å². The van der Waals surface area contributed by atoms with E-state index in [1.807, 2.05) is 0 Å². The van der Waals surface area contributed by atoms with Gasteiger partial charge in [-0.25, -0.2) is 0 Å². The average Bonchev–Trinajstić information content (AvgIpc) is 2.31. The van der Waals surface area contributed by atoms with E-state index in [1.165, 1.54) is 16.7 Å². The first-order valence-corrected chi connectivity index (χ1v) is 11.1. The maximum Gasteiger partial charge on any atom is 0.162 e. The number of rotatable bonds is 0. The fourth-order valence-corrected chi connectivity index (χ4v) is 2.94. The van der Waals surface area contributed by atoms with Crippen LogP contribution in [0.4, 0.5) is 0 Å². The van der Waals surface area contributed by atoms with Gasteiger partial charge in [-0.2, -0.15) is 0 Å². The van der Waals surface area contributed by atoms with Crippen molar-refractivity contribution in [2.75, 3.05) is 0 Å². The van der Waals surface area contributed by atoms with E-state index in [0.717, 1.165) is 5.56 Å². The minimum absolute atomic E-state index is 0.00660. The number of benzene rings is 1. The number of hydrogen-bond donors (Lipinski definition) is 0. The zero-order valence-electron chi connectivity index (χ0n) is 15.9. The van der Waals surface area contributed by atoms with Gasteiger partial charge in [-0.15, -0.1) is 0 Å². The third-order valence-corrected chi connectivity index (χ3v) is 4.67. The van der Waals surface area contributed by atoms with Gasteiger partial charge in [0.15, 0.2) is 6.63 Å². The topological polar surface area (TPSA) is 0 Å². The van der Waals surface area contributed by atoms with E-state index < -0.39 is 6.63 Å². The van der Waals surface area contributed by atoms with Crippen molar-refractivity contribution in [2.45, 2.75) is 78.6 Å². The van der Waals surface area contributed by atoms with E-state index in [9.17, 15) is 0 Å². The SMILES string of the molecule is CC(C)(C)c1cc(C(C)(C)C)c(C#CP(Cl)Cl)c(C(C)(C)C)c1. The Morgan fingerprint density at radius 3 is 1.39 bits per heavy atom. The van der Waals surface area contributed by atoms with Crippen molar-refractivity contribution in [3.05, 3.63) is 34.4 Å². The smallest absolute Gasteiger partial charge is 0.0632 e. The second kappa shape index (κ2) is 6.96. The molecular weight excluding hydrogens is 342 g/mol. The Morgan fingerprint density at radius 1 is 0.739 bits per heavy atom. The summed E-state index contributed by atoms with van der Waals surface area (Å²) in [5.41, 5.74) is 8.07. The van der Waals surface area contributed by atoms with E-state index in [0.29, 0.717) is 0 Å². The fourth-order valence-electron chi connectivity index (χ4n) is 2.49. The molecule has 0 heterocycles. The summed E-state index contributed by atoms with van der Waals surface area (Å²) in [6, 6.07) is 4.62. The van der Waals surface area contributed by atoms with Gasteiger partial charge in [0.05, 0.1) is 0 Å². The molecule has 0 saturated carbocycles. The molecule has 0 nitrogen and oxygen atoms in total. The standard InChI is InChI=1S/C20H29Cl2P/c1-18(2,3)14-12-16(19(4,5)6)15(10-11-23(21)22)17(13-14)20(7,8)9/h12-13H,1-9H3. The highest BCUT2D eigenvalue weighted by molar-refractivity contribution is 8.07. The molecule has 0 aliphatic carbocycles. The van der Waals surface area contributed by atoms with Crippen molar-refractivity contribution in [1.82, 2.24) is 0 Å². The number of hydrogen-bond acceptors (Lipinski definition) is 0. The Kier molecular flexibility index (Phi) is 6.30. The van der Waals surface area contributed by atoms with Gasteiger partial charge in [-0.3, -0.25) is 0 Å². The van der Waals surface area contributed by atoms with Crippen molar-refractivity contribution in [3.8, 4) is 11.6 Å². The Hall–Kier alpha value is -0.210. The van der Waals surface area contributed by atoms with Crippen LogP contribution in [0.2, 0.25) is 0 Å². The normalized spacial score (nSPS) is 13.0. The summed E-state index contributed by atoms with van der Waals surface area (Å²) in [5.74, 6) is 3.29. The van der Waals surface area contributed by atoms with E-state index in [4.69, 9.17) is 22.5 Å². The molecule has 0 aromatic heterocycles. The van der Waals surface area contributed by atoms with Gasteiger partial charge in [-0.1, -0.05) is 103 Å². The van der Waals surface area contributed by atoms with Crippen molar-refractivity contribution in [1.29, 1.82) is 0 Å². The first-order valence-electron chi connectivity index (χ1n) is 7.97. The molecule has 0 bridgehead atoms. The molecule has 0 amide bonds. The molecule has 1 aromatic rings. The first kappa shape index (κ1) is 20.8. The van der Waals surface area contributed by atoms with Gasteiger partial charge in [0.1, 0.15) is 0 Å². The van der Waals surface area contributed by atoms with E-state index in [-0.39, 0.29) is 16.2 Å². The summed E-state index contributed by atoms with van der Waals surface area (Å²) in [5, 5.41) is 0. The molecule has 1 rings (SSSR count). The van der Waals surface area contributed by atoms with Gasteiger partial charge in [0.25, 0.3) is 0 Å². The highest BCUT2D eigenvalue weighted by Gasteiger charge is 2.28. The van der Waals surface area contributed by atoms with E-state index in [2.05, 4.69) is 86.0 Å². The molecule has 0 radical (unpaired) electrons. The molecule has 0 unspecified atom stereocenters. The molecule has 0 spiro atoms. The van der Waals surface area contributed by atoms with Crippen LogP contribution in [0.15, 0.2) is 12.1 Å². The van der Waals surface area contributed by atoms with Crippen LogP contribution in [-0.4, -0.2) is 0 Å². The van der Waals surface area contributed by atoms with Crippen LogP contribution in [-0.2, 0) is 16.2 Å². The molecule has 0 fully saturated rings. The molecule has 3 heteroatoms. The zero-order chi connectivity index (χ0) is 18.2. The largest absolute Gasteiger partial charge is 0.162 e. The summed E-state index contributed by atoms with van der Waals surface area (Å²) in [7, 11) is 0. The zero-order valence-corrected chi connectivity index (χ0v) is 18.3. The lowest BCUT2D eigenvalue weighted by Crippen LogP contribution is -2.23. The Labute approximate surface area is 153 Å². The molecule has 0 aliphatic heterocycles. The van der Waals surface area contributed by atoms with Gasteiger partial charge in [0.2, 0.25) is 0 Å². The molecule has 0 atom stereocenters. The molecule has 0 saturated heterocycles. The quantitative estimate of drug-likeness (QED) is 0.324. The summed E-state index contributed by atoms with van der Waals surface area (Å²) in [6.07, 6.45) is 0. The lowest BCUT2D eigenvalue weighted by atomic mass is 9.72. The monoisotopic (exact) mass is 370 g/mol. The minimum atomic E-state index is -1.27. The molecule has 0 aliphatic rings. The van der Waals surface area contributed by atoms with Crippen LogP contribution in [0.1, 0.15) is 84.6 Å². The lowest BCUT2D eigenvalue weighted by molar-refractivity contribution is 0.546. The Balaban J connectivity index is 3.87. The summed E-state index contributed by atoms with van der Waals surface area (Å²) >= 11 is 11.8. The molecule has 23 heavy (non-hydrogen) atoms. The second-order valence-corrected chi connectivity index (χ2v) is 12.4. The second-order valence-electron chi connectivity index (χ2n) is 9.17. The Morgan fingerprint density at radius 2 is 1.13 bits per heavy atom. The average molecular weight is 371 g/mol. The van der Waals surface area contributed by atoms with Gasteiger partial charge in [0, 0.05) is 5.56 Å².